The van der Waals surface area contributed by atoms with Gasteiger partial charge in [0.2, 0.25) is 0 Å². The SMILES string of the molecule is COc1ccccc1[C@H](OCC(=O)O)C(F)(F)F. The molecule has 0 aromatic heterocycles. The third kappa shape index (κ3) is 3.63. The van der Waals surface area contributed by atoms with Gasteiger partial charge in [0.05, 0.1) is 7.11 Å². The molecule has 1 atom stereocenters. The Morgan fingerprint density at radius 1 is 1.39 bits per heavy atom. The molecule has 0 amide bonds. The molecule has 0 saturated carbocycles. The van der Waals surface area contributed by atoms with Crippen LogP contribution in [0.25, 0.3) is 0 Å². The van der Waals surface area contributed by atoms with E-state index >= 15 is 0 Å². The second kappa shape index (κ2) is 5.72. The highest BCUT2D eigenvalue weighted by Crippen LogP contribution is 2.39. The smallest absolute Gasteiger partial charge is 0.419 e. The quantitative estimate of drug-likeness (QED) is 0.887. The van der Waals surface area contributed by atoms with Gasteiger partial charge < -0.3 is 14.6 Å². The van der Waals surface area contributed by atoms with E-state index in [1.807, 2.05) is 0 Å². The second-order valence-corrected chi connectivity index (χ2v) is 3.37. The van der Waals surface area contributed by atoms with Crippen LogP contribution in [0.15, 0.2) is 24.3 Å². The molecule has 1 aromatic carbocycles. The average molecular weight is 264 g/mol. The second-order valence-electron chi connectivity index (χ2n) is 3.37. The number of methoxy groups -OCH3 is 1. The van der Waals surface area contributed by atoms with Gasteiger partial charge in [-0.25, -0.2) is 4.79 Å². The number of carbonyl (C=O) groups is 1. The van der Waals surface area contributed by atoms with Crippen LogP contribution in [0.4, 0.5) is 13.2 Å². The molecule has 0 aliphatic heterocycles. The molecule has 1 rings (SSSR count). The number of benzene rings is 1. The number of hydrogen-bond acceptors (Lipinski definition) is 3. The molecule has 0 spiro atoms. The summed E-state index contributed by atoms with van der Waals surface area (Å²) < 4.78 is 47.6. The molecular formula is C11H11F3O4. The summed E-state index contributed by atoms with van der Waals surface area (Å²) >= 11 is 0. The third-order valence-electron chi connectivity index (χ3n) is 2.09. The van der Waals surface area contributed by atoms with Crippen molar-refractivity contribution in [1.29, 1.82) is 0 Å². The fourth-order valence-electron chi connectivity index (χ4n) is 1.40. The molecule has 7 heteroatoms. The lowest BCUT2D eigenvalue weighted by Crippen LogP contribution is -2.26. The highest BCUT2D eigenvalue weighted by Gasteiger charge is 2.43. The summed E-state index contributed by atoms with van der Waals surface area (Å²) in [6.45, 7) is -1.04. The van der Waals surface area contributed by atoms with Crippen molar-refractivity contribution in [1.82, 2.24) is 0 Å². The third-order valence-corrected chi connectivity index (χ3v) is 2.09. The summed E-state index contributed by atoms with van der Waals surface area (Å²) in [7, 11) is 1.23. The average Bonchev–Trinajstić information content (AvgIpc) is 2.27. The molecule has 0 aliphatic carbocycles. The van der Waals surface area contributed by atoms with Gasteiger partial charge >= 0.3 is 12.1 Å². The molecule has 0 fully saturated rings. The first-order valence-corrected chi connectivity index (χ1v) is 4.89. The maximum Gasteiger partial charge on any atom is 0.419 e. The summed E-state index contributed by atoms with van der Waals surface area (Å²) in [4.78, 5) is 10.3. The largest absolute Gasteiger partial charge is 0.496 e. The summed E-state index contributed by atoms with van der Waals surface area (Å²) in [5, 5.41) is 8.38. The number of carboxylic acid groups (broad SMARTS) is 1. The Bertz CT molecular complexity index is 417. The molecule has 0 radical (unpaired) electrons. The minimum atomic E-state index is -4.72. The Morgan fingerprint density at radius 3 is 2.50 bits per heavy atom. The van der Waals surface area contributed by atoms with Crippen molar-refractivity contribution in [2.75, 3.05) is 13.7 Å². The van der Waals surface area contributed by atoms with Gasteiger partial charge in [-0.2, -0.15) is 13.2 Å². The van der Waals surface area contributed by atoms with E-state index in [1.165, 1.54) is 31.4 Å². The van der Waals surface area contributed by atoms with Crippen LogP contribution >= 0.6 is 0 Å². The molecule has 18 heavy (non-hydrogen) atoms. The van der Waals surface area contributed by atoms with Gasteiger partial charge in [-0.15, -0.1) is 0 Å². The van der Waals surface area contributed by atoms with E-state index in [0.717, 1.165) is 0 Å². The van der Waals surface area contributed by atoms with E-state index in [9.17, 15) is 18.0 Å². The van der Waals surface area contributed by atoms with Gasteiger partial charge in [0.1, 0.15) is 12.4 Å². The Kier molecular flexibility index (Phi) is 4.55. The molecule has 0 heterocycles. The number of alkyl halides is 3. The van der Waals surface area contributed by atoms with Crippen molar-refractivity contribution in [2.24, 2.45) is 0 Å². The van der Waals surface area contributed by atoms with Crippen LogP contribution in [0.1, 0.15) is 11.7 Å². The van der Waals surface area contributed by atoms with Crippen LogP contribution in [0.3, 0.4) is 0 Å². The monoisotopic (exact) mass is 264 g/mol. The Morgan fingerprint density at radius 2 is 2.00 bits per heavy atom. The molecular weight excluding hydrogens is 253 g/mol. The Balaban J connectivity index is 3.05. The number of hydrogen-bond donors (Lipinski definition) is 1. The summed E-state index contributed by atoms with van der Waals surface area (Å²) in [6, 6.07) is 5.42. The van der Waals surface area contributed by atoms with E-state index in [4.69, 9.17) is 9.84 Å². The van der Waals surface area contributed by atoms with Crippen LogP contribution in [0.5, 0.6) is 5.75 Å². The zero-order chi connectivity index (χ0) is 13.8. The number of rotatable bonds is 5. The fraction of sp³-hybridized carbons (Fsp3) is 0.364. The Labute approximate surface area is 101 Å². The van der Waals surface area contributed by atoms with Crippen LogP contribution in [-0.2, 0) is 9.53 Å². The van der Waals surface area contributed by atoms with E-state index < -0.39 is 24.9 Å². The van der Waals surface area contributed by atoms with E-state index in [2.05, 4.69) is 4.74 Å². The van der Waals surface area contributed by atoms with Gasteiger partial charge in [-0.1, -0.05) is 18.2 Å². The lowest BCUT2D eigenvalue weighted by molar-refractivity contribution is -0.225. The topological polar surface area (TPSA) is 55.8 Å². The van der Waals surface area contributed by atoms with Gasteiger partial charge in [0.25, 0.3) is 0 Å². The minimum absolute atomic E-state index is 0.00906. The lowest BCUT2D eigenvalue weighted by Gasteiger charge is -2.22. The maximum absolute atomic E-state index is 12.8. The number of carboxylic acids is 1. The molecule has 1 aromatic rings. The molecule has 0 unspecified atom stereocenters. The van der Waals surface area contributed by atoms with Gasteiger partial charge in [0, 0.05) is 5.56 Å². The van der Waals surface area contributed by atoms with Crippen molar-refractivity contribution >= 4 is 5.97 Å². The predicted molar refractivity (Wildman–Crippen MR) is 55.4 cm³/mol. The summed E-state index contributed by atoms with van der Waals surface area (Å²) in [6.07, 6.45) is -7.05. The number of aliphatic carboxylic acids is 1. The van der Waals surface area contributed by atoms with Crippen molar-refractivity contribution in [3.63, 3.8) is 0 Å². The first-order chi connectivity index (χ1) is 8.36. The first kappa shape index (κ1) is 14.3. The molecule has 0 bridgehead atoms. The van der Waals surface area contributed by atoms with Crippen molar-refractivity contribution < 1.29 is 32.5 Å². The van der Waals surface area contributed by atoms with Crippen molar-refractivity contribution in [2.45, 2.75) is 12.3 Å². The van der Waals surface area contributed by atoms with Gasteiger partial charge in [0.15, 0.2) is 6.10 Å². The molecule has 100 valence electrons. The fourth-order valence-corrected chi connectivity index (χ4v) is 1.40. The minimum Gasteiger partial charge on any atom is -0.496 e. The van der Waals surface area contributed by atoms with Crippen LogP contribution in [-0.4, -0.2) is 31.0 Å². The van der Waals surface area contributed by atoms with Crippen LogP contribution < -0.4 is 4.74 Å². The van der Waals surface area contributed by atoms with Gasteiger partial charge in [-0.3, -0.25) is 0 Å². The van der Waals surface area contributed by atoms with Gasteiger partial charge in [-0.05, 0) is 6.07 Å². The van der Waals surface area contributed by atoms with E-state index in [1.54, 1.807) is 0 Å². The van der Waals surface area contributed by atoms with E-state index in [0.29, 0.717) is 0 Å². The molecule has 1 N–H and O–H groups in total. The van der Waals surface area contributed by atoms with Crippen LogP contribution in [0.2, 0.25) is 0 Å². The lowest BCUT2D eigenvalue weighted by atomic mass is 10.1. The molecule has 0 saturated heterocycles. The van der Waals surface area contributed by atoms with E-state index in [-0.39, 0.29) is 11.3 Å². The highest BCUT2D eigenvalue weighted by atomic mass is 19.4. The summed E-state index contributed by atoms with van der Waals surface area (Å²) in [5.41, 5.74) is -0.256. The molecule has 4 nitrogen and oxygen atoms in total. The Hall–Kier alpha value is -1.76. The maximum atomic E-state index is 12.8. The molecule has 0 aliphatic rings. The number of halogens is 3. The number of para-hydroxylation sites is 1. The highest BCUT2D eigenvalue weighted by molar-refractivity contribution is 5.68. The standard InChI is InChI=1S/C11H11F3O4/c1-17-8-5-3-2-4-7(8)10(11(12,13)14)18-6-9(15)16/h2-5,10H,6H2,1H3,(H,15,16)/t10-/m0/s1. The van der Waals surface area contributed by atoms with Crippen molar-refractivity contribution in [3.05, 3.63) is 29.8 Å². The zero-order valence-electron chi connectivity index (χ0n) is 9.40. The zero-order valence-corrected chi connectivity index (χ0v) is 9.40. The summed E-state index contributed by atoms with van der Waals surface area (Å²) in [5.74, 6) is -1.48. The number of ether oxygens (including phenoxy) is 2. The predicted octanol–water partition coefficient (Wildman–Crippen LogP) is 2.40. The van der Waals surface area contributed by atoms with Crippen molar-refractivity contribution in [3.8, 4) is 5.75 Å². The van der Waals surface area contributed by atoms with Crippen LogP contribution in [0, 0.1) is 0 Å². The first-order valence-electron chi connectivity index (χ1n) is 4.89. The normalized spacial score (nSPS) is 13.1.